The molecule has 3 fully saturated rings. The summed E-state index contributed by atoms with van der Waals surface area (Å²) in [6.07, 6.45) is 1.82. The molecule has 1 saturated carbocycles. The molecule has 224 valence electrons. The van der Waals surface area contributed by atoms with E-state index >= 15 is 0 Å². The second kappa shape index (κ2) is 11.0. The maximum Gasteiger partial charge on any atom is 0.488 e. The summed E-state index contributed by atoms with van der Waals surface area (Å²) >= 11 is 17.7. The number of ether oxygens (including phenoxy) is 1. The Morgan fingerprint density at radius 1 is 1.00 bits per heavy atom. The maximum absolute atomic E-state index is 14.1. The average molecular weight is 692 g/mol. The molecule has 6 atom stereocenters. The molecule has 2 heterocycles. The predicted octanol–water partition coefficient (Wildman–Crippen LogP) is 1.65. The highest BCUT2D eigenvalue weighted by Gasteiger charge is 2.76. The number of carbonyl (C=O) groups is 4. The molecule has 14 heteroatoms. The van der Waals surface area contributed by atoms with Gasteiger partial charge in [0, 0.05) is 11.5 Å². The molecule has 0 spiro atoms. The van der Waals surface area contributed by atoms with Gasteiger partial charge >= 0.3 is 7.12 Å². The van der Waals surface area contributed by atoms with Crippen molar-refractivity contribution in [2.24, 2.45) is 17.8 Å². The lowest BCUT2D eigenvalue weighted by atomic mass is 9.56. The number of imide groups is 2. The smallest absolute Gasteiger partial charge is 0.488 e. The monoisotopic (exact) mass is 690 g/mol. The number of aliphatic hydroxyl groups excluding tert-OH is 1. The van der Waals surface area contributed by atoms with Crippen molar-refractivity contribution >= 4 is 81.0 Å². The molecule has 2 aliphatic heterocycles. The van der Waals surface area contributed by atoms with Gasteiger partial charge in [0.2, 0.25) is 11.8 Å². The van der Waals surface area contributed by atoms with Crippen LogP contribution in [0.3, 0.4) is 0 Å². The fourth-order valence-electron chi connectivity index (χ4n) is 7.18. The van der Waals surface area contributed by atoms with Crippen LogP contribution in [-0.4, -0.2) is 79.2 Å². The Hall–Kier alpha value is -2.74. The minimum Gasteiger partial charge on any atom is -0.491 e. The van der Waals surface area contributed by atoms with Crippen LogP contribution in [-0.2, 0) is 19.2 Å². The van der Waals surface area contributed by atoms with E-state index in [0.29, 0.717) is 16.9 Å². The number of alkyl halides is 3. The highest BCUT2D eigenvalue weighted by Crippen LogP contribution is 2.66. The summed E-state index contributed by atoms with van der Waals surface area (Å²) in [5.74, 6) is -5.47. The number of anilines is 1. The van der Waals surface area contributed by atoms with Crippen molar-refractivity contribution in [2.75, 3.05) is 23.6 Å². The van der Waals surface area contributed by atoms with Gasteiger partial charge in [-0.1, -0.05) is 57.9 Å². The van der Waals surface area contributed by atoms with E-state index in [-0.39, 0.29) is 42.7 Å². The van der Waals surface area contributed by atoms with E-state index in [1.165, 1.54) is 24.3 Å². The quantitative estimate of drug-likeness (QED) is 0.131. The number of allylic oxidation sites excluding steroid dienone is 2. The van der Waals surface area contributed by atoms with E-state index in [4.69, 9.17) is 27.9 Å². The molecule has 2 aliphatic carbocycles. The highest BCUT2D eigenvalue weighted by molar-refractivity contribution is 9.09. The normalized spacial score (nSPS) is 31.5. The number of aliphatic hydroxyl groups is 1. The lowest BCUT2D eigenvalue weighted by Gasteiger charge is -2.51. The number of benzene rings is 2. The summed E-state index contributed by atoms with van der Waals surface area (Å²) in [7, 11) is -1.80. The third-order valence-electron chi connectivity index (χ3n) is 9.02. The first-order chi connectivity index (χ1) is 20.5. The number of amides is 4. The van der Waals surface area contributed by atoms with Gasteiger partial charge in [-0.05, 0) is 42.4 Å². The number of hydrogen-bond acceptors (Lipinski definition) is 8. The molecule has 10 nitrogen and oxygen atoms in total. The molecule has 4 amide bonds. The molecule has 0 radical (unpaired) electrons. The third kappa shape index (κ3) is 4.25. The number of fused-ring (bicyclic) bond motifs is 4. The van der Waals surface area contributed by atoms with E-state index in [1.807, 2.05) is 6.08 Å². The van der Waals surface area contributed by atoms with Gasteiger partial charge in [0.1, 0.15) is 12.4 Å². The number of nitrogens with zero attached hydrogens (tertiary/aromatic N) is 2. The van der Waals surface area contributed by atoms with Crippen molar-refractivity contribution in [3.63, 3.8) is 0 Å². The molecular weight excluding hydrogens is 666 g/mol. The van der Waals surface area contributed by atoms with Crippen LogP contribution < -0.4 is 15.1 Å². The van der Waals surface area contributed by atoms with Gasteiger partial charge in [0.05, 0.1) is 29.6 Å². The van der Waals surface area contributed by atoms with Crippen molar-refractivity contribution in [1.82, 2.24) is 4.90 Å². The Kier molecular flexibility index (Phi) is 7.76. The Morgan fingerprint density at radius 3 is 2.44 bits per heavy atom. The molecule has 2 aromatic rings. The summed E-state index contributed by atoms with van der Waals surface area (Å²) in [5.41, 5.74) is 1.22. The van der Waals surface area contributed by atoms with Gasteiger partial charge in [-0.3, -0.25) is 29.0 Å². The molecule has 2 saturated heterocycles. The first-order valence-electron chi connectivity index (χ1n) is 13.7. The van der Waals surface area contributed by atoms with Crippen LogP contribution >= 0.6 is 39.1 Å². The lowest BCUT2D eigenvalue weighted by molar-refractivity contribution is -0.138. The van der Waals surface area contributed by atoms with Gasteiger partial charge < -0.3 is 19.9 Å². The van der Waals surface area contributed by atoms with Gasteiger partial charge in [-0.15, -0.1) is 23.2 Å². The second-order valence-electron chi connectivity index (χ2n) is 11.1. The molecule has 6 unspecified atom stereocenters. The number of carbonyl (C=O) groups excluding carboxylic acids is 4. The zero-order valence-electron chi connectivity index (χ0n) is 22.5. The third-order valence-corrected chi connectivity index (χ3v) is 10.9. The molecule has 4 aliphatic rings. The van der Waals surface area contributed by atoms with Crippen LogP contribution in [0.4, 0.5) is 5.69 Å². The Morgan fingerprint density at radius 2 is 1.74 bits per heavy atom. The van der Waals surface area contributed by atoms with Crippen molar-refractivity contribution in [1.29, 1.82) is 0 Å². The number of likely N-dealkylation sites (tertiary alicyclic amines) is 1. The summed E-state index contributed by atoms with van der Waals surface area (Å²) < 4.78 is 5.82. The summed E-state index contributed by atoms with van der Waals surface area (Å²) in [6, 6.07) is 12.7. The second-order valence-corrected chi connectivity index (χ2v) is 12.8. The zero-order valence-corrected chi connectivity index (χ0v) is 25.6. The molecule has 0 aromatic heterocycles. The van der Waals surface area contributed by atoms with Crippen molar-refractivity contribution in [2.45, 2.75) is 28.5 Å². The first kappa shape index (κ1) is 30.3. The maximum atomic E-state index is 14.1. The predicted molar refractivity (Wildman–Crippen MR) is 161 cm³/mol. The fraction of sp³-hybridized carbons (Fsp3) is 0.379. The number of para-hydroxylation sites is 1. The van der Waals surface area contributed by atoms with Crippen LogP contribution in [0.2, 0.25) is 0 Å². The Bertz CT molecular complexity index is 1570. The lowest BCUT2D eigenvalue weighted by Crippen LogP contribution is -2.60. The van der Waals surface area contributed by atoms with Crippen molar-refractivity contribution in [3.8, 4) is 5.75 Å². The largest absolute Gasteiger partial charge is 0.491 e. The van der Waals surface area contributed by atoms with Crippen LogP contribution in [0.15, 0.2) is 60.2 Å². The Labute approximate surface area is 265 Å². The van der Waals surface area contributed by atoms with E-state index in [0.717, 1.165) is 9.80 Å². The van der Waals surface area contributed by atoms with Gasteiger partial charge in [0.15, 0.2) is 9.75 Å². The molecule has 6 rings (SSSR count). The fourth-order valence-corrected chi connectivity index (χ4v) is 8.60. The molecule has 2 aromatic carbocycles. The minimum atomic E-state index is -1.98. The van der Waals surface area contributed by atoms with Crippen molar-refractivity contribution in [3.05, 3.63) is 65.7 Å². The molecular formula is C29H26BBrCl2N2O8. The van der Waals surface area contributed by atoms with Gasteiger partial charge in [-0.25, -0.2) is 0 Å². The number of halogens is 3. The first-order valence-corrected chi connectivity index (χ1v) is 15.6. The SMILES string of the molecule is O=C1C2CC=C3C(CC4(Cl)C(=O)N(CBr)C(=O)C4(Cl)C3c3ccccc3OCCO)C2C(=O)N1c1cccc(B(O)O)c1. The summed E-state index contributed by atoms with van der Waals surface area (Å²) in [6.45, 7) is -0.308. The minimum absolute atomic E-state index is 0.0395. The van der Waals surface area contributed by atoms with Gasteiger partial charge in [-0.2, -0.15) is 0 Å². The molecule has 0 bridgehead atoms. The van der Waals surface area contributed by atoms with E-state index in [2.05, 4.69) is 15.9 Å². The standard InChI is InChI=1S/C29H26BBrCl2N2O8/c31-14-34-26(39)28(32)13-20-17(23(29(28,33)27(34)40)18-6-1-2-7-21(18)43-11-10-36)8-9-19-22(20)25(38)35(24(19)37)16-5-3-4-15(12-16)30(41)42/h1-8,12,19-20,22-23,36,41-42H,9-11,13-14H2. The number of rotatable bonds is 7. The van der Waals surface area contributed by atoms with E-state index in [1.54, 1.807) is 24.3 Å². The highest BCUT2D eigenvalue weighted by atomic mass is 79.9. The van der Waals surface area contributed by atoms with E-state index < -0.39 is 64.2 Å². The van der Waals surface area contributed by atoms with Gasteiger partial charge in [0.25, 0.3) is 11.8 Å². The van der Waals surface area contributed by atoms with Crippen LogP contribution in [0.1, 0.15) is 24.3 Å². The number of hydrogen-bond donors (Lipinski definition) is 3. The summed E-state index contributed by atoms with van der Waals surface area (Å²) in [5, 5.41) is 28.8. The topological polar surface area (TPSA) is 145 Å². The van der Waals surface area contributed by atoms with Crippen LogP contribution in [0.25, 0.3) is 0 Å². The Balaban J connectivity index is 1.50. The van der Waals surface area contributed by atoms with Crippen LogP contribution in [0, 0.1) is 17.8 Å². The molecule has 3 N–H and O–H groups in total. The summed E-state index contributed by atoms with van der Waals surface area (Å²) in [4.78, 5) is 53.7. The van der Waals surface area contributed by atoms with Crippen molar-refractivity contribution < 1.29 is 39.1 Å². The zero-order chi connectivity index (χ0) is 30.8. The molecule has 43 heavy (non-hydrogen) atoms. The van der Waals surface area contributed by atoms with E-state index in [9.17, 15) is 34.3 Å². The van der Waals surface area contributed by atoms with Crippen LogP contribution in [0.5, 0.6) is 5.75 Å². The average Bonchev–Trinajstić information content (AvgIpc) is 3.34.